The number of carbonyl (C=O) groups excluding carboxylic acids is 2. The molecular formula is C26H46N8O8. The van der Waals surface area contributed by atoms with E-state index in [0.29, 0.717) is 51.6 Å². The molecule has 2 atom stereocenters. The van der Waals surface area contributed by atoms with Gasteiger partial charge in [-0.3, -0.25) is 20.1 Å². The van der Waals surface area contributed by atoms with Crippen LogP contribution in [0.15, 0.2) is 33.8 Å². The first-order chi connectivity index (χ1) is 19.5. The third-order valence-corrected chi connectivity index (χ3v) is 5.24. The SMILES string of the molecule is CC(C)(C)OC(=O)N1CCO[C@H](CN=CC(=CN)[N+](=O)[O-])C1.CC(C)(C)OC(=O)N1CCO[C@H](CN=CC(N)=CN)C1. The summed E-state index contributed by atoms with van der Waals surface area (Å²) in [6.07, 6.45) is 3.50. The van der Waals surface area contributed by atoms with Crippen LogP contribution in [0.2, 0.25) is 0 Å². The minimum atomic E-state index is -0.627. The van der Waals surface area contributed by atoms with Crippen molar-refractivity contribution >= 4 is 24.6 Å². The standard InChI is InChI=1S/C13H22N4O5.C13H24N4O3/c1-13(2,3)22-12(18)16-4-5-21-11(9-16)8-15-7-10(6-14)17(19)20;1-13(2,3)20-12(18)17-4-5-19-11(9-17)8-16-7-10(15)6-14/h6-7,11H,4-5,8-9,14H2,1-3H3;6-7,11H,4-5,8-9,14-15H2,1-3H3/t2*11-/m11/s1. The lowest BCUT2D eigenvalue weighted by atomic mass is 10.2. The van der Waals surface area contributed by atoms with Crippen molar-refractivity contribution in [3.63, 3.8) is 0 Å². The lowest BCUT2D eigenvalue weighted by Gasteiger charge is -2.33. The molecule has 0 saturated carbocycles. The zero-order valence-corrected chi connectivity index (χ0v) is 25.4. The molecular weight excluding hydrogens is 552 g/mol. The quantitative estimate of drug-likeness (QED) is 0.214. The van der Waals surface area contributed by atoms with Gasteiger partial charge in [0.05, 0.1) is 68.4 Å². The highest BCUT2D eigenvalue weighted by molar-refractivity contribution is 5.77. The molecule has 16 nitrogen and oxygen atoms in total. The van der Waals surface area contributed by atoms with Crippen LogP contribution in [0.1, 0.15) is 41.5 Å². The normalized spacial score (nSPS) is 20.7. The van der Waals surface area contributed by atoms with Gasteiger partial charge in [0.2, 0.25) is 0 Å². The third-order valence-electron chi connectivity index (χ3n) is 5.24. The highest BCUT2D eigenvalue weighted by Crippen LogP contribution is 2.14. The molecule has 42 heavy (non-hydrogen) atoms. The fourth-order valence-corrected chi connectivity index (χ4v) is 3.38. The fraction of sp³-hybridized carbons (Fsp3) is 0.692. The maximum absolute atomic E-state index is 12.0. The van der Waals surface area contributed by atoms with Crippen LogP contribution in [-0.4, -0.2) is 115 Å². The molecule has 6 N–H and O–H groups in total. The van der Waals surface area contributed by atoms with Crippen LogP contribution in [0.3, 0.4) is 0 Å². The van der Waals surface area contributed by atoms with Gasteiger partial charge in [0.1, 0.15) is 17.4 Å². The van der Waals surface area contributed by atoms with Gasteiger partial charge in [0.25, 0.3) is 0 Å². The molecule has 2 rings (SSSR count). The second kappa shape index (κ2) is 17.1. The fourth-order valence-electron chi connectivity index (χ4n) is 3.38. The Kier molecular flexibility index (Phi) is 14.7. The van der Waals surface area contributed by atoms with Crippen LogP contribution < -0.4 is 17.2 Å². The summed E-state index contributed by atoms with van der Waals surface area (Å²) in [6, 6.07) is 0. The van der Waals surface area contributed by atoms with E-state index in [1.54, 1.807) is 30.6 Å². The smallest absolute Gasteiger partial charge is 0.410 e. The van der Waals surface area contributed by atoms with E-state index >= 15 is 0 Å². The molecule has 2 fully saturated rings. The van der Waals surface area contributed by atoms with Gasteiger partial charge in [-0.2, -0.15) is 0 Å². The summed E-state index contributed by atoms with van der Waals surface area (Å²) in [5, 5.41) is 10.6. The van der Waals surface area contributed by atoms with Crippen molar-refractivity contribution in [1.29, 1.82) is 0 Å². The van der Waals surface area contributed by atoms with Crippen molar-refractivity contribution in [2.24, 2.45) is 27.2 Å². The van der Waals surface area contributed by atoms with Gasteiger partial charge in [-0.05, 0) is 41.5 Å². The van der Waals surface area contributed by atoms with Crippen molar-refractivity contribution in [3.8, 4) is 0 Å². The number of amides is 2. The number of aliphatic imine (C=N–C) groups is 2. The monoisotopic (exact) mass is 598 g/mol. The first-order valence-electron chi connectivity index (χ1n) is 13.5. The molecule has 0 radical (unpaired) electrons. The second-order valence-corrected chi connectivity index (χ2v) is 11.3. The summed E-state index contributed by atoms with van der Waals surface area (Å²) in [6.45, 7) is 14.1. The molecule has 2 amide bonds. The van der Waals surface area contributed by atoms with Crippen LogP contribution in [0, 0.1) is 10.1 Å². The topological polar surface area (TPSA) is 223 Å². The predicted octanol–water partition coefficient (Wildman–Crippen LogP) is 1.22. The minimum Gasteiger partial charge on any atom is -0.444 e. The Morgan fingerprint density at radius 1 is 0.881 bits per heavy atom. The van der Waals surface area contributed by atoms with E-state index in [1.807, 2.05) is 20.8 Å². The average Bonchev–Trinajstić information content (AvgIpc) is 2.89. The molecule has 238 valence electrons. The van der Waals surface area contributed by atoms with Crippen LogP contribution in [0.25, 0.3) is 0 Å². The van der Waals surface area contributed by atoms with Crippen molar-refractivity contribution in [2.45, 2.75) is 65.0 Å². The maximum Gasteiger partial charge on any atom is 0.410 e. The molecule has 0 spiro atoms. The number of carbonyl (C=O) groups is 2. The molecule has 0 aromatic carbocycles. The molecule has 0 bridgehead atoms. The van der Waals surface area contributed by atoms with Crippen LogP contribution in [-0.2, 0) is 18.9 Å². The number of ether oxygens (including phenoxy) is 4. The van der Waals surface area contributed by atoms with Gasteiger partial charge < -0.3 is 45.9 Å². The van der Waals surface area contributed by atoms with E-state index in [4.69, 9.17) is 36.1 Å². The number of nitrogens with two attached hydrogens (primary N) is 3. The van der Waals surface area contributed by atoms with Gasteiger partial charge in [-0.1, -0.05) is 0 Å². The van der Waals surface area contributed by atoms with Crippen molar-refractivity contribution in [1.82, 2.24) is 9.80 Å². The molecule has 0 aromatic heterocycles. The molecule has 16 heteroatoms. The Hall–Kier alpha value is -3.92. The van der Waals surface area contributed by atoms with Gasteiger partial charge >= 0.3 is 17.9 Å². The average molecular weight is 599 g/mol. The number of nitro groups is 1. The number of hydrogen-bond donors (Lipinski definition) is 3. The Morgan fingerprint density at radius 3 is 1.67 bits per heavy atom. The van der Waals surface area contributed by atoms with E-state index in [9.17, 15) is 19.7 Å². The van der Waals surface area contributed by atoms with Gasteiger partial charge in [-0.15, -0.1) is 0 Å². The Balaban J connectivity index is 0.000000422. The maximum atomic E-state index is 12.0. The van der Waals surface area contributed by atoms with E-state index in [-0.39, 0.29) is 30.5 Å². The number of morpholine rings is 2. The van der Waals surface area contributed by atoms with Crippen molar-refractivity contribution < 1.29 is 33.5 Å². The molecule has 2 aliphatic heterocycles. The second-order valence-electron chi connectivity index (χ2n) is 11.3. The van der Waals surface area contributed by atoms with Crippen LogP contribution >= 0.6 is 0 Å². The Labute approximate surface area is 246 Å². The first kappa shape index (κ1) is 36.1. The molecule has 0 aliphatic carbocycles. The molecule has 2 heterocycles. The van der Waals surface area contributed by atoms with Gasteiger partial charge in [0.15, 0.2) is 0 Å². The molecule has 2 saturated heterocycles. The third kappa shape index (κ3) is 15.2. The summed E-state index contributed by atoms with van der Waals surface area (Å²) >= 11 is 0. The summed E-state index contributed by atoms with van der Waals surface area (Å²) in [5.74, 6) is 0. The van der Waals surface area contributed by atoms with E-state index < -0.39 is 22.2 Å². The van der Waals surface area contributed by atoms with Gasteiger partial charge in [-0.25, -0.2) is 9.59 Å². The van der Waals surface area contributed by atoms with E-state index in [0.717, 1.165) is 12.4 Å². The van der Waals surface area contributed by atoms with Crippen LogP contribution in [0.5, 0.6) is 0 Å². The number of hydrogen-bond acceptors (Lipinski definition) is 13. The largest absolute Gasteiger partial charge is 0.444 e. The lowest BCUT2D eigenvalue weighted by Crippen LogP contribution is -2.48. The lowest BCUT2D eigenvalue weighted by molar-refractivity contribution is -0.414. The van der Waals surface area contributed by atoms with Crippen molar-refractivity contribution in [2.75, 3.05) is 52.5 Å². The molecule has 0 aromatic rings. The van der Waals surface area contributed by atoms with E-state index in [2.05, 4.69) is 9.98 Å². The molecule has 0 unspecified atom stereocenters. The number of rotatable bonds is 7. The number of nitrogens with zero attached hydrogens (tertiary/aromatic N) is 5. The Morgan fingerprint density at radius 2 is 1.31 bits per heavy atom. The summed E-state index contributed by atoms with van der Waals surface area (Å²) in [7, 11) is 0. The number of allylic oxidation sites excluding steroid dienone is 2. The summed E-state index contributed by atoms with van der Waals surface area (Å²) in [5.41, 5.74) is 14.9. The Bertz CT molecular complexity index is 1020. The summed E-state index contributed by atoms with van der Waals surface area (Å²) in [4.78, 5) is 45.1. The zero-order valence-electron chi connectivity index (χ0n) is 25.4. The first-order valence-corrected chi connectivity index (χ1v) is 13.5. The van der Waals surface area contributed by atoms with E-state index in [1.165, 1.54) is 12.4 Å². The minimum absolute atomic E-state index is 0.155. The van der Waals surface area contributed by atoms with Crippen molar-refractivity contribution in [3.05, 3.63) is 33.9 Å². The van der Waals surface area contributed by atoms with Gasteiger partial charge in [0, 0.05) is 25.5 Å². The highest BCUT2D eigenvalue weighted by Gasteiger charge is 2.29. The van der Waals surface area contributed by atoms with Crippen LogP contribution in [0.4, 0.5) is 9.59 Å². The predicted molar refractivity (Wildman–Crippen MR) is 158 cm³/mol. The highest BCUT2D eigenvalue weighted by atomic mass is 16.6. The summed E-state index contributed by atoms with van der Waals surface area (Å²) < 4.78 is 21.7. The molecule has 2 aliphatic rings. The zero-order chi connectivity index (χ0) is 31.9.